The molecule has 0 bridgehead atoms. The van der Waals surface area contributed by atoms with E-state index in [0.29, 0.717) is 6.04 Å². The van der Waals surface area contributed by atoms with Crippen molar-refractivity contribution >= 4 is 28.0 Å². The minimum absolute atomic E-state index is 0.0174. The maximum atomic E-state index is 12.7. The molecule has 0 aromatic carbocycles. The quantitative estimate of drug-likeness (QED) is 0.672. The zero-order valence-electron chi connectivity index (χ0n) is 15.5. The second-order valence-electron chi connectivity index (χ2n) is 7.44. The molecule has 4 rings (SSSR count). The van der Waals surface area contributed by atoms with Crippen molar-refractivity contribution in [3.63, 3.8) is 0 Å². The van der Waals surface area contributed by atoms with Crippen molar-refractivity contribution < 1.29 is 4.79 Å². The molecule has 3 aromatic heterocycles. The molecule has 0 spiro atoms. The minimum Gasteiger partial charge on any atom is -0.353 e. The third-order valence-corrected chi connectivity index (χ3v) is 5.15. The summed E-state index contributed by atoms with van der Waals surface area (Å²) in [6.45, 7) is 7.87. The van der Waals surface area contributed by atoms with Crippen LogP contribution in [0, 0.1) is 0 Å². The number of aromatic nitrogens is 4. The lowest BCUT2D eigenvalue weighted by Gasteiger charge is -2.27. The molecule has 0 saturated carbocycles. The number of pyridine rings is 1. The Morgan fingerprint density at radius 2 is 2.08 bits per heavy atom. The van der Waals surface area contributed by atoms with E-state index in [-0.39, 0.29) is 17.9 Å². The molecule has 1 aliphatic heterocycles. The largest absolute Gasteiger partial charge is 0.353 e. The van der Waals surface area contributed by atoms with Gasteiger partial charge in [-0.15, -0.1) is 0 Å². The average Bonchev–Trinajstić information content (AvgIpc) is 3.24. The van der Waals surface area contributed by atoms with Crippen LogP contribution in [-0.2, 0) is 4.79 Å². The second-order valence-corrected chi connectivity index (χ2v) is 7.44. The Kier molecular flexibility index (Phi) is 4.40. The van der Waals surface area contributed by atoms with E-state index in [0.717, 1.165) is 53.8 Å². The summed E-state index contributed by atoms with van der Waals surface area (Å²) >= 11 is 0. The lowest BCUT2D eigenvalue weighted by atomic mass is 10.0. The topological polar surface area (TPSA) is 87.6 Å². The number of piperidine rings is 1. The van der Waals surface area contributed by atoms with Crippen molar-refractivity contribution in [3.05, 3.63) is 24.3 Å². The van der Waals surface area contributed by atoms with E-state index in [1.807, 2.05) is 39.2 Å². The summed E-state index contributed by atoms with van der Waals surface area (Å²) in [6, 6.07) is 2.50. The number of rotatable bonds is 4. The fourth-order valence-corrected chi connectivity index (χ4v) is 3.88. The van der Waals surface area contributed by atoms with Gasteiger partial charge in [0.15, 0.2) is 0 Å². The number of amides is 1. The molecule has 1 saturated heterocycles. The highest BCUT2D eigenvalue weighted by molar-refractivity contribution is 6.01. The van der Waals surface area contributed by atoms with E-state index in [9.17, 15) is 4.79 Å². The zero-order valence-corrected chi connectivity index (χ0v) is 15.5. The summed E-state index contributed by atoms with van der Waals surface area (Å²) in [6.07, 6.45) is 5.78. The van der Waals surface area contributed by atoms with E-state index in [1.165, 1.54) is 0 Å². The molecule has 4 heterocycles. The molecule has 1 fully saturated rings. The third-order valence-electron chi connectivity index (χ3n) is 5.15. The van der Waals surface area contributed by atoms with Gasteiger partial charge in [-0.1, -0.05) is 0 Å². The van der Waals surface area contributed by atoms with Crippen LogP contribution < -0.4 is 10.6 Å². The second kappa shape index (κ2) is 6.72. The first-order valence-electron chi connectivity index (χ1n) is 9.41. The van der Waals surface area contributed by atoms with Crippen molar-refractivity contribution in [2.75, 3.05) is 13.1 Å². The van der Waals surface area contributed by atoms with Crippen LogP contribution in [0.5, 0.6) is 0 Å². The molecule has 3 N–H and O–H groups in total. The summed E-state index contributed by atoms with van der Waals surface area (Å²) in [5.74, 6) is 0.540. The standard InChI is InChI=1S/C19H26N6O/c1-11(2)23-19(26)12(3)18-24-15-10-22-17-14(6-9-21-17)16(15)25(18)13-4-7-20-8-5-13/h6,9-13,20H,4-5,7-8H2,1-3H3,(H,21,22)(H,23,26). The number of hydrogen-bond donors (Lipinski definition) is 3. The van der Waals surface area contributed by atoms with Crippen LogP contribution in [0.3, 0.4) is 0 Å². The first kappa shape index (κ1) is 17.0. The van der Waals surface area contributed by atoms with Gasteiger partial charge in [-0.3, -0.25) is 4.79 Å². The predicted molar refractivity (Wildman–Crippen MR) is 102 cm³/mol. The molecular weight excluding hydrogens is 328 g/mol. The minimum atomic E-state index is -0.311. The van der Waals surface area contributed by atoms with E-state index in [2.05, 4.69) is 25.2 Å². The maximum Gasteiger partial charge on any atom is 0.230 e. The summed E-state index contributed by atoms with van der Waals surface area (Å²) < 4.78 is 2.30. The maximum absolute atomic E-state index is 12.7. The van der Waals surface area contributed by atoms with Gasteiger partial charge in [-0.2, -0.15) is 0 Å². The van der Waals surface area contributed by atoms with Gasteiger partial charge < -0.3 is 20.2 Å². The normalized spacial score (nSPS) is 17.2. The average molecular weight is 354 g/mol. The van der Waals surface area contributed by atoms with E-state index in [1.54, 1.807) is 0 Å². The van der Waals surface area contributed by atoms with E-state index >= 15 is 0 Å². The number of hydrogen-bond acceptors (Lipinski definition) is 4. The molecule has 0 aliphatic carbocycles. The molecule has 1 unspecified atom stereocenters. The predicted octanol–water partition coefficient (Wildman–Crippen LogP) is 2.47. The van der Waals surface area contributed by atoms with Gasteiger partial charge in [0.05, 0.1) is 17.6 Å². The first-order chi connectivity index (χ1) is 12.6. The van der Waals surface area contributed by atoms with Crippen LogP contribution in [0.1, 0.15) is 51.4 Å². The molecule has 0 radical (unpaired) electrons. The SMILES string of the molecule is CC(C)NC(=O)C(C)c1nc2cnc3[nH]ccc3c2n1C1CCNCC1. The number of nitrogens with one attached hydrogen (secondary N) is 3. The summed E-state index contributed by atoms with van der Waals surface area (Å²) in [4.78, 5) is 25.2. The molecule has 1 aliphatic rings. The zero-order chi connectivity index (χ0) is 18.3. The molecular formula is C19H26N6O. The van der Waals surface area contributed by atoms with Crippen LogP contribution in [-0.4, -0.2) is 44.6 Å². The molecule has 3 aromatic rings. The van der Waals surface area contributed by atoms with Crippen LogP contribution in [0.25, 0.3) is 22.1 Å². The van der Waals surface area contributed by atoms with E-state index in [4.69, 9.17) is 4.98 Å². The number of aromatic amines is 1. The number of imidazole rings is 1. The molecule has 1 amide bonds. The van der Waals surface area contributed by atoms with Crippen molar-refractivity contribution in [1.82, 2.24) is 30.2 Å². The van der Waals surface area contributed by atoms with Crippen LogP contribution in [0.2, 0.25) is 0 Å². The van der Waals surface area contributed by atoms with Gasteiger partial charge in [0, 0.05) is 23.7 Å². The fourth-order valence-electron chi connectivity index (χ4n) is 3.88. The Balaban J connectivity index is 1.89. The van der Waals surface area contributed by atoms with Crippen LogP contribution >= 0.6 is 0 Å². The lowest BCUT2D eigenvalue weighted by Crippen LogP contribution is -2.36. The Bertz CT molecular complexity index is 934. The van der Waals surface area contributed by atoms with Crippen molar-refractivity contribution in [2.45, 2.75) is 51.6 Å². The highest BCUT2D eigenvalue weighted by Gasteiger charge is 2.28. The Morgan fingerprint density at radius 1 is 1.31 bits per heavy atom. The van der Waals surface area contributed by atoms with Gasteiger partial charge in [-0.25, -0.2) is 9.97 Å². The monoisotopic (exact) mass is 354 g/mol. The number of carbonyl (C=O) groups is 1. The summed E-state index contributed by atoms with van der Waals surface area (Å²) in [7, 11) is 0. The summed E-state index contributed by atoms with van der Waals surface area (Å²) in [5, 5.41) is 7.51. The molecule has 7 heteroatoms. The number of carbonyl (C=O) groups excluding carboxylic acids is 1. The molecule has 7 nitrogen and oxygen atoms in total. The van der Waals surface area contributed by atoms with Crippen molar-refractivity contribution in [1.29, 1.82) is 0 Å². The van der Waals surface area contributed by atoms with Crippen LogP contribution in [0.4, 0.5) is 0 Å². The molecule has 138 valence electrons. The smallest absolute Gasteiger partial charge is 0.230 e. The van der Waals surface area contributed by atoms with Crippen molar-refractivity contribution in [2.24, 2.45) is 0 Å². The Hall–Kier alpha value is -2.41. The molecule has 26 heavy (non-hydrogen) atoms. The fraction of sp³-hybridized carbons (Fsp3) is 0.526. The first-order valence-corrected chi connectivity index (χ1v) is 9.41. The van der Waals surface area contributed by atoms with E-state index < -0.39 is 0 Å². The molecule has 1 atom stereocenters. The van der Waals surface area contributed by atoms with Gasteiger partial charge in [0.1, 0.15) is 17.0 Å². The highest BCUT2D eigenvalue weighted by Crippen LogP contribution is 2.33. The lowest BCUT2D eigenvalue weighted by molar-refractivity contribution is -0.122. The Labute approximate surface area is 152 Å². The summed E-state index contributed by atoms with van der Waals surface area (Å²) in [5.41, 5.74) is 2.80. The van der Waals surface area contributed by atoms with Crippen molar-refractivity contribution in [3.8, 4) is 0 Å². The highest BCUT2D eigenvalue weighted by atomic mass is 16.1. The van der Waals surface area contributed by atoms with Gasteiger partial charge in [-0.05, 0) is 52.8 Å². The van der Waals surface area contributed by atoms with Gasteiger partial charge in [0.2, 0.25) is 5.91 Å². The number of fused-ring (bicyclic) bond motifs is 3. The Morgan fingerprint density at radius 3 is 2.81 bits per heavy atom. The number of H-pyrrole nitrogens is 1. The van der Waals surface area contributed by atoms with Crippen LogP contribution in [0.15, 0.2) is 18.5 Å². The third kappa shape index (κ3) is 2.86. The number of nitrogens with zero attached hydrogens (tertiary/aromatic N) is 3. The van der Waals surface area contributed by atoms with Gasteiger partial charge in [0.25, 0.3) is 0 Å². The van der Waals surface area contributed by atoms with Gasteiger partial charge >= 0.3 is 0 Å².